The minimum Gasteiger partial charge on any atom is -0.264 e. The Morgan fingerprint density at radius 2 is 1.18 bits per heavy atom. The molecule has 0 radical (unpaired) electrons. The molecule has 1 heterocycles. The molecule has 0 fully saturated rings. The molecule has 0 amide bonds. The minimum atomic E-state index is 0.599. The van der Waals surface area contributed by atoms with E-state index in [4.69, 9.17) is 9.98 Å². The van der Waals surface area contributed by atoms with Crippen molar-refractivity contribution in [2.45, 2.75) is 6.92 Å². The molecule has 0 aliphatic carbocycles. The van der Waals surface area contributed by atoms with Crippen LogP contribution in [0.1, 0.15) is 23.6 Å². The van der Waals surface area contributed by atoms with Gasteiger partial charge in [-0.2, -0.15) is 0 Å². The highest BCUT2D eigenvalue weighted by Crippen LogP contribution is 2.37. The highest BCUT2D eigenvalue weighted by atomic mass is 14.9. The van der Waals surface area contributed by atoms with Crippen LogP contribution in [0, 0.1) is 0 Å². The van der Waals surface area contributed by atoms with Gasteiger partial charge >= 0.3 is 0 Å². The molecule has 214 valence electrons. The number of amidine groups is 1. The Bertz CT molecular complexity index is 2210. The van der Waals surface area contributed by atoms with Crippen LogP contribution >= 0.6 is 0 Å². The molecule has 0 saturated carbocycles. The summed E-state index contributed by atoms with van der Waals surface area (Å²) in [6.07, 6.45) is 3.70. The van der Waals surface area contributed by atoms with Gasteiger partial charge in [0, 0.05) is 29.2 Å². The van der Waals surface area contributed by atoms with Gasteiger partial charge in [-0.25, -0.2) is 9.98 Å². The van der Waals surface area contributed by atoms with Crippen molar-refractivity contribution >= 4 is 38.8 Å². The fourth-order valence-corrected chi connectivity index (χ4v) is 5.79. The molecular weight excluding hydrogens is 546 g/mol. The van der Waals surface area contributed by atoms with Crippen LogP contribution in [0.15, 0.2) is 175 Å². The standard InChI is InChI=1S/C42H31N3/c1-29(31-14-5-3-6-15-31)44-42(45-30(2)32-16-7-4-8-17-32)37-25-35(34-19-13-23-43-28-34)24-36(26-37)41-27-33-18-9-10-20-38(33)39-21-11-12-22-40(39)41/h3-28H,1H2,2H3. The summed E-state index contributed by atoms with van der Waals surface area (Å²) in [5.74, 6) is 0.599. The van der Waals surface area contributed by atoms with Crippen LogP contribution in [0.4, 0.5) is 0 Å². The van der Waals surface area contributed by atoms with E-state index in [0.29, 0.717) is 11.5 Å². The lowest BCUT2D eigenvalue weighted by atomic mass is 9.90. The van der Waals surface area contributed by atoms with Crippen molar-refractivity contribution in [3.8, 4) is 22.3 Å². The van der Waals surface area contributed by atoms with Gasteiger partial charge in [0.1, 0.15) is 0 Å². The second kappa shape index (κ2) is 12.4. The van der Waals surface area contributed by atoms with Gasteiger partial charge in [-0.1, -0.05) is 122 Å². The molecular formula is C42H31N3. The van der Waals surface area contributed by atoms with Gasteiger partial charge in [0.05, 0.1) is 5.70 Å². The summed E-state index contributed by atoms with van der Waals surface area (Å²) in [7, 11) is 0. The number of benzene rings is 6. The van der Waals surface area contributed by atoms with Crippen molar-refractivity contribution in [1.82, 2.24) is 4.98 Å². The number of aliphatic imine (C=N–C) groups is 2. The molecule has 0 atom stereocenters. The second-order valence-corrected chi connectivity index (χ2v) is 11.0. The van der Waals surface area contributed by atoms with Gasteiger partial charge < -0.3 is 0 Å². The quantitative estimate of drug-likeness (QED) is 0.110. The summed E-state index contributed by atoms with van der Waals surface area (Å²) in [5, 5.41) is 4.86. The van der Waals surface area contributed by atoms with Crippen LogP contribution in [-0.2, 0) is 0 Å². The first kappa shape index (κ1) is 27.9. The summed E-state index contributed by atoms with van der Waals surface area (Å²) >= 11 is 0. The van der Waals surface area contributed by atoms with Crippen LogP contribution in [0.5, 0.6) is 0 Å². The third-order valence-corrected chi connectivity index (χ3v) is 8.08. The van der Waals surface area contributed by atoms with Crippen molar-refractivity contribution in [3.63, 3.8) is 0 Å². The number of pyridine rings is 1. The van der Waals surface area contributed by atoms with E-state index in [2.05, 4.69) is 103 Å². The van der Waals surface area contributed by atoms with Crippen molar-refractivity contribution in [1.29, 1.82) is 0 Å². The SMILES string of the molecule is C=C(N=C(N=C(C)c1ccccc1)c1cc(-c2cccnc2)cc(-c2cc3ccccc3c3ccccc23)c1)c1ccccc1. The maximum atomic E-state index is 5.15. The smallest absolute Gasteiger partial charge is 0.160 e. The molecule has 0 aliphatic heterocycles. The molecule has 0 spiro atoms. The highest BCUT2D eigenvalue weighted by Gasteiger charge is 2.15. The lowest BCUT2D eigenvalue weighted by molar-refractivity contribution is 1.33. The third-order valence-electron chi connectivity index (χ3n) is 8.08. The largest absolute Gasteiger partial charge is 0.264 e. The summed E-state index contributed by atoms with van der Waals surface area (Å²) in [6.45, 7) is 6.37. The van der Waals surface area contributed by atoms with E-state index in [-0.39, 0.29) is 0 Å². The Hall–Kier alpha value is -5.93. The Morgan fingerprint density at radius 1 is 0.533 bits per heavy atom. The van der Waals surface area contributed by atoms with Gasteiger partial charge in [-0.05, 0) is 86.6 Å². The van der Waals surface area contributed by atoms with Crippen LogP contribution in [-0.4, -0.2) is 16.5 Å². The summed E-state index contributed by atoms with van der Waals surface area (Å²) in [5.41, 5.74) is 8.72. The van der Waals surface area contributed by atoms with Gasteiger partial charge in [0.15, 0.2) is 5.84 Å². The zero-order valence-corrected chi connectivity index (χ0v) is 25.1. The van der Waals surface area contributed by atoms with E-state index in [9.17, 15) is 0 Å². The molecule has 0 N–H and O–H groups in total. The topological polar surface area (TPSA) is 37.6 Å². The van der Waals surface area contributed by atoms with Gasteiger partial charge in [0.2, 0.25) is 0 Å². The average molecular weight is 578 g/mol. The number of rotatable bonds is 6. The first-order valence-electron chi connectivity index (χ1n) is 15.0. The Morgan fingerprint density at radius 3 is 1.91 bits per heavy atom. The maximum absolute atomic E-state index is 5.15. The third kappa shape index (κ3) is 5.84. The molecule has 0 aliphatic rings. The predicted octanol–water partition coefficient (Wildman–Crippen LogP) is 10.6. The summed E-state index contributed by atoms with van der Waals surface area (Å²) in [4.78, 5) is 14.7. The molecule has 7 aromatic rings. The maximum Gasteiger partial charge on any atom is 0.160 e. The molecule has 3 heteroatoms. The van der Waals surface area contributed by atoms with Crippen molar-refractivity contribution in [3.05, 3.63) is 181 Å². The van der Waals surface area contributed by atoms with Crippen molar-refractivity contribution in [2.75, 3.05) is 0 Å². The fraction of sp³-hybridized carbons (Fsp3) is 0.0238. The number of nitrogens with zero attached hydrogens (tertiary/aromatic N) is 3. The highest BCUT2D eigenvalue weighted by molar-refractivity contribution is 6.16. The lowest BCUT2D eigenvalue weighted by Crippen LogP contribution is -2.05. The molecule has 7 rings (SSSR count). The van der Waals surface area contributed by atoms with Crippen molar-refractivity contribution < 1.29 is 0 Å². The van der Waals surface area contributed by atoms with E-state index >= 15 is 0 Å². The van der Waals surface area contributed by atoms with Crippen LogP contribution in [0.2, 0.25) is 0 Å². The molecule has 0 bridgehead atoms. The Balaban J connectivity index is 1.49. The molecule has 0 saturated heterocycles. The Kier molecular flexibility index (Phi) is 7.65. The lowest BCUT2D eigenvalue weighted by Gasteiger charge is -2.15. The zero-order chi connectivity index (χ0) is 30.6. The second-order valence-electron chi connectivity index (χ2n) is 11.0. The van der Waals surface area contributed by atoms with E-state index in [1.165, 1.54) is 21.5 Å². The fourth-order valence-electron chi connectivity index (χ4n) is 5.79. The van der Waals surface area contributed by atoms with Crippen LogP contribution in [0.25, 0.3) is 49.5 Å². The first-order chi connectivity index (χ1) is 22.1. The zero-order valence-electron chi connectivity index (χ0n) is 25.1. The van der Waals surface area contributed by atoms with Gasteiger partial charge in [0.25, 0.3) is 0 Å². The van der Waals surface area contributed by atoms with Crippen molar-refractivity contribution in [2.24, 2.45) is 9.98 Å². The molecule has 3 nitrogen and oxygen atoms in total. The minimum absolute atomic E-state index is 0.599. The predicted molar refractivity (Wildman–Crippen MR) is 191 cm³/mol. The van der Waals surface area contributed by atoms with E-state index < -0.39 is 0 Å². The molecule has 6 aromatic carbocycles. The number of aromatic nitrogens is 1. The number of fused-ring (bicyclic) bond motifs is 3. The van der Waals surface area contributed by atoms with Gasteiger partial charge in [-0.3, -0.25) is 4.98 Å². The normalized spacial score (nSPS) is 12.0. The van der Waals surface area contributed by atoms with Gasteiger partial charge in [-0.15, -0.1) is 0 Å². The van der Waals surface area contributed by atoms with Crippen LogP contribution < -0.4 is 0 Å². The first-order valence-corrected chi connectivity index (χ1v) is 15.0. The summed E-state index contributed by atoms with van der Waals surface area (Å²) in [6, 6.07) is 50.4. The monoisotopic (exact) mass is 577 g/mol. The molecule has 45 heavy (non-hydrogen) atoms. The average Bonchev–Trinajstić information content (AvgIpc) is 3.12. The summed E-state index contributed by atoms with van der Waals surface area (Å²) < 4.78 is 0. The number of hydrogen-bond acceptors (Lipinski definition) is 2. The number of hydrogen-bond donors (Lipinski definition) is 0. The molecule has 1 aromatic heterocycles. The van der Waals surface area contributed by atoms with E-state index in [0.717, 1.165) is 44.7 Å². The Labute approximate surface area is 263 Å². The van der Waals surface area contributed by atoms with E-state index in [1.54, 1.807) is 6.20 Å². The van der Waals surface area contributed by atoms with E-state index in [1.807, 2.05) is 67.7 Å². The van der Waals surface area contributed by atoms with Crippen LogP contribution in [0.3, 0.4) is 0 Å². The molecule has 0 unspecified atom stereocenters.